The molecule has 2 N–H and O–H groups in total. The minimum absolute atomic E-state index is 0.0187. The van der Waals surface area contributed by atoms with Crippen molar-refractivity contribution in [2.24, 2.45) is 5.92 Å². The van der Waals surface area contributed by atoms with E-state index >= 15 is 0 Å². The van der Waals surface area contributed by atoms with E-state index in [1.54, 1.807) is 28.9 Å². The molecule has 3 rings (SSSR count). The molecule has 0 aliphatic rings. The summed E-state index contributed by atoms with van der Waals surface area (Å²) in [7, 11) is 0. The zero-order valence-electron chi connectivity index (χ0n) is 14.8. The van der Waals surface area contributed by atoms with Crippen molar-refractivity contribution in [3.63, 3.8) is 0 Å². The van der Waals surface area contributed by atoms with Crippen LogP contribution in [0.3, 0.4) is 0 Å². The van der Waals surface area contributed by atoms with Crippen LogP contribution in [0.2, 0.25) is 0 Å². The molecule has 0 fully saturated rings. The van der Waals surface area contributed by atoms with Gasteiger partial charge >= 0.3 is 0 Å². The summed E-state index contributed by atoms with van der Waals surface area (Å²) in [5, 5.41) is 13.7. The second kappa shape index (κ2) is 7.77. The predicted molar refractivity (Wildman–Crippen MR) is 101 cm³/mol. The summed E-state index contributed by atoms with van der Waals surface area (Å²) in [5.41, 5.74) is 2.92. The van der Waals surface area contributed by atoms with Crippen LogP contribution in [0.1, 0.15) is 20.3 Å². The second-order valence-corrected chi connectivity index (χ2v) is 6.51. The van der Waals surface area contributed by atoms with Gasteiger partial charge in [-0.05, 0) is 42.3 Å². The summed E-state index contributed by atoms with van der Waals surface area (Å²) in [6.07, 6.45) is 0.477. The monoisotopic (exact) mass is 351 g/mol. The van der Waals surface area contributed by atoms with Crippen molar-refractivity contribution in [2.45, 2.75) is 26.8 Å². The molecule has 0 saturated heterocycles. The van der Waals surface area contributed by atoms with E-state index in [1.807, 2.05) is 38.1 Å². The third-order valence-corrected chi connectivity index (χ3v) is 3.76. The maximum Gasteiger partial charge on any atom is 0.246 e. The van der Waals surface area contributed by atoms with E-state index < -0.39 is 0 Å². The Hall–Kier alpha value is -3.22. The third-order valence-electron chi connectivity index (χ3n) is 3.76. The fourth-order valence-electron chi connectivity index (χ4n) is 2.59. The highest BCUT2D eigenvalue weighted by atomic mass is 16.2. The van der Waals surface area contributed by atoms with Crippen LogP contribution >= 0.6 is 0 Å². The summed E-state index contributed by atoms with van der Waals surface area (Å²) in [4.78, 5) is 24.0. The molecule has 3 aromatic rings. The van der Waals surface area contributed by atoms with Gasteiger partial charge in [0.25, 0.3) is 0 Å². The number of carbonyl (C=O) groups excluding carboxylic acids is 2. The number of benzene rings is 2. The van der Waals surface area contributed by atoms with Crippen LogP contribution in [0.4, 0.5) is 11.4 Å². The second-order valence-electron chi connectivity index (χ2n) is 6.51. The summed E-state index contributed by atoms with van der Waals surface area (Å²) in [6, 6.07) is 14.5. The molecular weight excluding hydrogens is 330 g/mol. The van der Waals surface area contributed by atoms with Crippen molar-refractivity contribution in [1.29, 1.82) is 0 Å². The fourth-order valence-corrected chi connectivity index (χ4v) is 2.59. The number of para-hydroxylation sites is 1. The first kappa shape index (κ1) is 17.6. The largest absolute Gasteiger partial charge is 0.326 e. The lowest BCUT2D eigenvalue weighted by Gasteiger charge is -2.09. The summed E-state index contributed by atoms with van der Waals surface area (Å²) >= 11 is 0. The molecule has 26 heavy (non-hydrogen) atoms. The maximum absolute atomic E-state index is 12.2. The number of rotatable bonds is 6. The van der Waals surface area contributed by atoms with Gasteiger partial charge in [-0.1, -0.05) is 31.2 Å². The topological polar surface area (TPSA) is 88.9 Å². The first-order valence-corrected chi connectivity index (χ1v) is 8.49. The van der Waals surface area contributed by atoms with Crippen molar-refractivity contribution < 1.29 is 9.59 Å². The van der Waals surface area contributed by atoms with E-state index in [2.05, 4.69) is 20.9 Å². The lowest BCUT2D eigenvalue weighted by atomic mass is 10.1. The Morgan fingerprint density at radius 2 is 1.58 bits per heavy atom. The summed E-state index contributed by atoms with van der Waals surface area (Å²) in [6.45, 7) is 4.07. The molecule has 1 heterocycles. The van der Waals surface area contributed by atoms with E-state index in [9.17, 15) is 9.59 Å². The van der Waals surface area contributed by atoms with E-state index in [4.69, 9.17) is 0 Å². The predicted octanol–water partition coefficient (Wildman–Crippen LogP) is 3.05. The van der Waals surface area contributed by atoms with Crippen LogP contribution in [-0.4, -0.2) is 26.8 Å². The molecule has 0 saturated carbocycles. The number of fused-ring (bicyclic) bond motifs is 1. The molecule has 0 bridgehead atoms. The van der Waals surface area contributed by atoms with Crippen LogP contribution in [-0.2, 0) is 16.1 Å². The zero-order valence-corrected chi connectivity index (χ0v) is 14.8. The first-order chi connectivity index (χ1) is 12.5. The van der Waals surface area contributed by atoms with Gasteiger partial charge in [-0.2, -0.15) is 0 Å². The number of carbonyl (C=O) groups is 2. The number of nitrogens with zero attached hydrogens (tertiary/aromatic N) is 3. The Kier molecular flexibility index (Phi) is 5.26. The number of hydrogen-bond donors (Lipinski definition) is 2. The molecule has 0 unspecified atom stereocenters. The first-order valence-electron chi connectivity index (χ1n) is 8.49. The SMILES string of the molecule is CC(C)CC(=O)Nc1ccc(NC(=O)Cn2nnc3ccccc32)cc1. The van der Waals surface area contributed by atoms with Gasteiger partial charge < -0.3 is 10.6 Å². The van der Waals surface area contributed by atoms with Gasteiger partial charge in [0.15, 0.2) is 0 Å². The molecule has 0 aliphatic heterocycles. The fraction of sp³-hybridized carbons (Fsp3) is 0.263. The molecule has 2 aromatic carbocycles. The minimum atomic E-state index is -0.197. The van der Waals surface area contributed by atoms with Gasteiger partial charge in [0.05, 0.1) is 5.52 Å². The Bertz CT molecular complexity index is 915. The van der Waals surface area contributed by atoms with Crippen molar-refractivity contribution in [1.82, 2.24) is 15.0 Å². The van der Waals surface area contributed by atoms with Gasteiger partial charge in [0, 0.05) is 17.8 Å². The molecule has 134 valence electrons. The number of anilines is 2. The molecule has 2 amide bonds. The van der Waals surface area contributed by atoms with Crippen LogP contribution in [0.25, 0.3) is 11.0 Å². The van der Waals surface area contributed by atoms with Gasteiger partial charge in [-0.15, -0.1) is 5.10 Å². The van der Waals surface area contributed by atoms with E-state index in [0.717, 1.165) is 11.0 Å². The maximum atomic E-state index is 12.2. The highest BCUT2D eigenvalue weighted by Gasteiger charge is 2.09. The van der Waals surface area contributed by atoms with Crippen LogP contribution in [0.5, 0.6) is 0 Å². The number of hydrogen-bond acceptors (Lipinski definition) is 4. The molecule has 0 radical (unpaired) electrons. The molecular formula is C19H21N5O2. The van der Waals surface area contributed by atoms with Crippen LogP contribution in [0.15, 0.2) is 48.5 Å². The van der Waals surface area contributed by atoms with Gasteiger partial charge in [-0.25, -0.2) is 4.68 Å². The normalized spacial score (nSPS) is 10.9. The zero-order chi connectivity index (χ0) is 18.5. The van der Waals surface area contributed by atoms with Crippen molar-refractivity contribution in [3.8, 4) is 0 Å². The standard InChI is InChI=1S/C19H21N5O2/c1-13(2)11-18(25)20-14-7-9-15(10-8-14)21-19(26)12-24-17-6-4-3-5-16(17)22-23-24/h3-10,13H,11-12H2,1-2H3,(H,20,25)(H,21,26). The quantitative estimate of drug-likeness (QED) is 0.714. The van der Waals surface area contributed by atoms with Crippen LogP contribution in [0, 0.1) is 5.92 Å². The molecule has 0 aliphatic carbocycles. The minimum Gasteiger partial charge on any atom is -0.326 e. The Balaban J connectivity index is 1.58. The molecule has 0 atom stereocenters. The average Bonchev–Trinajstić information content (AvgIpc) is 2.99. The number of amides is 2. The highest BCUT2D eigenvalue weighted by molar-refractivity contribution is 5.93. The lowest BCUT2D eigenvalue weighted by molar-refractivity contribution is -0.117. The van der Waals surface area contributed by atoms with Crippen molar-refractivity contribution in [3.05, 3.63) is 48.5 Å². The third kappa shape index (κ3) is 4.44. The highest BCUT2D eigenvalue weighted by Crippen LogP contribution is 2.15. The van der Waals surface area contributed by atoms with Crippen LogP contribution < -0.4 is 10.6 Å². The van der Waals surface area contributed by atoms with E-state index in [-0.39, 0.29) is 18.4 Å². The van der Waals surface area contributed by atoms with E-state index in [1.165, 1.54) is 0 Å². The van der Waals surface area contributed by atoms with Crippen molar-refractivity contribution >= 4 is 34.2 Å². The van der Waals surface area contributed by atoms with Gasteiger partial charge in [0.2, 0.25) is 11.8 Å². The summed E-state index contributed by atoms with van der Waals surface area (Å²) < 4.78 is 1.56. The average molecular weight is 351 g/mol. The smallest absolute Gasteiger partial charge is 0.246 e. The molecule has 1 aromatic heterocycles. The van der Waals surface area contributed by atoms with E-state index in [0.29, 0.717) is 23.7 Å². The molecule has 0 spiro atoms. The molecule has 7 heteroatoms. The number of aromatic nitrogens is 3. The number of nitrogens with one attached hydrogen (secondary N) is 2. The Labute approximate surface area is 151 Å². The lowest BCUT2D eigenvalue weighted by Crippen LogP contribution is -2.19. The van der Waals surface area contributed by atoms with Crippen molar-refractivity contribution in [2.75, 3.05) is 10.6 Å². The van der Waals surface area contributed by atoms with Gasteiger partial charge in [-0.3, -0.25) is 9.59 Å². The Morgan fingerprint density at radius 3 is 2.23 bits per heavy atom. The molecule has 7 nitrogen and oxygen atoms in total. The summed E-state index contributed by atoms with van der Waals surface area (Å²) in [5.74, 6) is 0.0912. The van der Waals surface area contributed by atoms with Gasteiger partial charge in [0.1, 0.15) is 12.1 Å². The Morgan fingerprint density at radius 1 is 0.962 bits per heavy atom.